The smallest absolute Gasteiger partial charge is 0.373 e. The summed E-state index contributed by atoms with van der Waals surface area (Å²) in [4.78, 5) is 3.49. The average molecular weight is 344 g/mol. The van der Waals surface area contributed by atoms with Crippen LogP contribution in [-0.2, 0) is 10.9 Å². The van der Waals surface area contributed by atoms with E-state index in [9.17, 15) is 17.6 Å². The molecule has 1 aromatic heterocycles. The number of halogens is 5. The van der Waals surface area contributed by atoms with Crippen LogP contribution in [0.1, 0.15) is 19.4 Å². The molecule has 0 aliphatic carbocycles. The van der Waals surface area contributed by atoms with Gasteiger partial charge >= 0.3 is 6.18 Å². The molecule has 0 unspecified atom stereocenters. The van der Waals surface area contributed by atoms with Gasteiger partial charge in [-0.1, -0.05) is 0 Å². The van der Waals surface area contributed by atoms with E-state index in [1.54, 1.807) is 0 Å². The highest BCUT2D eigenvalue weighted by Crippen LogP contribution is 2.30. The van der Waals surface area contributed by atoms with E-state index in [0.29, 0.717) is 25.4 Å². The molecule has 2 rings (SSSR count). The van der Waals surface area contributed by atoms with Gasteiger partial charge in [0.2, 0.25) is 0 Å². The van der Waals surface area contributed by atoms with E-state index < -0.39 is 17.6 Å². The van der Waals surface area contributed by atoms with Gasteiger partial charge in [0.1, 0.15) is 0 Å². The van der Waals surface area contributed by atoms with Gasteiger partial charge in [-0.3, -0.25) is 0 Å². The summed E-state index contributed by atoms with van der Waals surface area (Å²) >= 11 is 0. The summed E-state index contributed by atoms with van der Waals surface area (Å²) in [6.07, 6.45) is -3.98. The van der Waals surface area contributed by atoms with Crippen LogP contribution in [-0.4, -0.2) is 36.3 Å². The van der Waals surface area contributed by atoms with Gasteiger partial charge in [-0.15, -0.1) is 12.4 Å². The van der Waals surface area contributed by atoms with Crippen LogP contribution >= 0.6 is 12.4 Å². The fourth-order valence-corrected chi connectivity index (χ4v) is 2.16. The van der Waals surface area contributed by atoms with Gasteiger partial charge < -0.3 is 15.4 Å². The molecule has 9 heteroatoms. The van der Waals surface area contributed by atoms with E-state index in [2.05, 4.69) is 15.6 Å². The summed E-state index contributed by atoms with van der Waals surface area (Å²) in [5.74, 6) is -1.22. The van der Waals surface area contributed by atoms with Crippen molar-refractivity contribution >= 4 is 18.2 Å². The van der Waals surface area contributed by atoms with E-state index in [4.69, 9.17) is 4.74 Å². The Hall–Kier alpha value is -1.12. The van der Waals surface area contributed by atoms with Crippen molar-refractivity contribution in [1.29, 1.82) is 0 Å². The number of aromatic nitrogens is 1. The lowest BCUT2D eigenvalue weighted by Gasteiger charge is -2.34. The van der Waals surface area contributed by atoms with Crippen molar-refractivity contribution < 1.29 is 22.3 Å². The number of nitrogens with zero attached hydrogens (tertiary/aromatic N) is 1. The highest BCUT2D eigenvalue weighted by molar-refractivity contribution is 5.85. The van der Waals surface area contributed by atoms with Crippen molar-refractivity contribution in [1.82, 2.24) is 10.3 Å². The Morgan fingerprint density at radius 1 is 1.41 bits per heavy atom. The Labute approximate surface area is 132 Å². The highest BCUT2D eigenvalue weighted by Gasteiger charge is 2.32. The molecule has 1 fully saturated rings. The van der Waals surface area contributed by atoms with Crippen LogP contribution in [0.5, 0.6) is 0 Å². The largest absolute Gasteiger partial charge is 0.417 e. The lowest BCUT2D eigenvalue weighted by Crippen LogP contribution is -2.53. The van der Waals surface area contributed by atoms with E-state index >= 15 is 0 Å². The normalized spacial score (nSPS) is 25.5. The number of alkyl halides is 3. The zero-order chi connectivity index (χ0) is 15.6. The van der Waals surface area contributed by atoms with Crippen LogP contribution < -0.4 is 10.6 Å². The Kier molecular flexibility index (Phi) is 6.39. The van der Waals surface area contributed by atoms with E-state index in [1.807, 2.05) is 13.8 Å². The maximum absolute atomic E-state index is 13.6. The zero-order valence-corrected chi connectivity index (χ0v) is 12.9. The van der Waals surface area contributed by atoms with E-state index in [0.717, 1.165) is 0 Å². The maximum Gasteiger partial charge on any atom is 0.417 e. The fourth-order valence-electron chi connectivity index (χ4n) is 2.16. The quantitative estimate of drug-likeness (QED) is 0.829. The minimum absolute atomic E-state index is 0. The molecule has 1 aliphatic rings. The minimum Gasteiger partial charge on any atom is -0.373 e. The Bertz CT molecular complexity index is 501. The first kappa shape index (κ1) is 18.9. The van der Waals surface area contributed by atoms with Gasteiger partial charge in [-0.25, -0.2) is 9.37 Å². The lowest BCUT2D eigenvalue weighted by atomic mass is 10.1. The number of pyridine rings is 1. The van der Waals surface area contributed by atoms with Gasteiger partial charge in [0.25, 0.3) is 0 Å². The van der Waals surface area contributed by atoms with Crippen LogP contribution in [0, 0.1) is 5.82 Å². The predicted octanol–water partition coefficient (Wildman–Crippen LogP) is 2.84. The average Bonchev–Trinajstić information content (AvgIpc) is 2.38. The van der Waals surface area contributed by atoms with E-state index in [-0.39, 0.29) is 36.5 Å². The second-order valence-corrected chi connectivity index (χ2v) is 5.10. The lowest BCUT2D eigenvalue weighted by molar-refractivity contribution is -0.138. The monoisotopic (exact) mass is 343 g/mol. The number of hydrogen-bond donors (Lipinski definition) is 2. The van der Waals surface area contributed by atoms with Gasteiger partial charge in [-0.2, -0.15) is 13.2 Å². The summed E-state index contributed by atoms with van der Waals surface area (Å²) in [5, 5.41) is 5.94. The molecule has 3 atom stereocenters. The molecule has 0 spiro atoms. The molecular formula is C13H18ClF4N3O. The Morgan fingerprint density at radius 3 is 2.64 bits per heavy atom. The first-order chi connectivity index (χ1) is 9.77. The fraction of sp³-hybridized carbons (Fsp3) is 0.615. The van der Waals surface area contributed by atoms with Gasteiger partial charge in [-0.05, 0) is 19.9 Å². The first-order valence-corrected chi connectivity index (χ1v) is 6.63. The molecule has 2 N–H and O–H groups in total. The molecule has 0 amide bonds. The summed E-state index contributed by atoms with van der Waals surface area (Å²) in [5.41, 5.74) is -1.10. The van der Waals surface area contributed by atoms with Crippen molar-refractivity contribution in [2.75, 3.05) is 18.4 Å². The van der Waals surface area contributed by atoms with Crippen LogP contribution in [0.25, 0.3) is 0 Å². The van der Waals surface area contributed by atoms with Crippen molar-refractivity contribution in [3.8, 4) is 0 Å². The third-order valence-corrected chi connectivity index (χ3v) is 3.34. The second-order valence-electron chi connectivity index (χ2n) is 5.10. The van der Waals surface area contributed by atoms with Gasteiger partial charge in [0.15, 0.2) is 11.6 Å². The summed E-state index contributed by atoms with van der Waals surface area (Å²) in [6, 6.07) is 0.371. The molecule has 0 bridgehead atoms. The summed E-state index contributed by atoms with van der Waals surface area (Å²) in [7, 11) is 0. The molecule has 22 heavy (non-hydrogen) atoms. The first-order valence-electron chi connectivity index (χ1n) is 6.63. The number of morpholine rings is 1. The van der Waals surface area contributed by atoms with Gasteiger partial charge in [0, 0.05) is 19.3 Å². The molecule has 4 nitrogen and oxygen atoms in total. The number of nitrogens with one attached hydrogen (secondary N) is 2. The van der Waals surface area contributed by atoms with Crippen LogP contribution in [0.2, 0.25) is 0 Å². The highest BCUT2D eigenvalue weighted by atomic mass is 35.5. The number of rotatable bonds is 3. The Balaban J connectivity index is 0.00000242. The molecule has 0 saturated carbocycles. The van der Waals surface area contributed by atoms with Crippen molar-refractivity contribution in [3.05, 3.63) is 23.6 Å². The molecule has 1 aliphatic heterocycles. The summed E-state index contributed by atoms with van der Waals surface area (Å²) < 4.78 is 56.5. The molecule has 126 valence electrons. The SMILES string of the molecule is C[C@@H]1CN[C@H](CNc2ncc(C(F)(F)F)cc2F)[C@H](C)O1.Cl. The molecular weight excluding hydrogens is 326 g/mol. The molecule has 0 radical (unpaired) electrons. The molecule has 1 saturated heterocycles. The van der Waals surface area contributed by atoms with Gasteiger partial charge in [0.05, 0.1) is 23.8 Å². The number of ether oxygens (including phenoxy) is 1. The van der Waals surface area contributed by atoms with Crippen molar-refractivity contribution in [2.45, 2.75) is 38.3 Å². The summed E-state index contributed by atoms with van der Waals surface area (Å²) in [6.45, 7) is 4.79. The third kappa shape index (κ3) is 4.69. The zero-order valence-electron chi connectivity index (χ0n) is 12.1. The molecule has 2 heterocycles. The Morgan fingerprint density at radius 2 is 2.09 bits per heavy atom. The topological polar surface area (TPSA) is 46.2 Å². The van der Waals surface area contributed by atoms with Crippen LogP contribution in [0.4, 0.5) is 23.4 Å². The van der Waals surface area contributed by atoms with Crippen molar-refractivity contribution in [2.24, 2.45) is 0 Å². The number of hydrogen-bond acceptors (Lipinski definition) is 4. The number of anilines is 1. The minimum atomic E-state index is -4.60. The molecule has 1 aromatic rings. The maximum atomic E-state index is 13.6. The second kappa shape index (κ2) is 7.43. The van der Waals surface area contributed by atoms with Crippen LogP contribution in [0.3, 0.4) is 0 Å². The van der Waals surface area contributed by atoms with Crippen LogP contribution in [0.15, 0.2) is 12.3 Å². The van der Waals surface area contributed by atoms with Crippen molar-refractivity contribution in [3.63, 3.8) is 0 Å². The third-order valence-electron chi connectivity index (χ3n) is 3.34. The van der Waals surface area contributed by atoms with E-state index in [1.165, 1.54) is 0 Å². The molecule has 0 aromatic carbocycles. The predicted molar refractivity (Wildman–Crippen MR) is 76.7 cm³/mol. The standard InChI is InChI=1S/C13H17F4N3O.ClH/c1-7-4-18-11(8(2)21-7)6-20-12-10(14)3-9(5-19-12)13(15,16)17;/h3,5,7-8,11,18H,4,6H2,1-2H3,(H,19,20);1H/t7-,8+,11-;/m1./s1.